The zero-order chi connectivity index (χ0) is 13.1. The third-order valence-electron chi connectivity index (χ3n) is 3.68. The van der Waals surface area contributed by atoms with Crippen molar-refractivity contribution in [1.82, 2.24) is 0 Å². The molecule has 0 unspecified atom stereocenters. The van der Waals surface area contributed by atoms with Crippen molar-refractivity contribution >= 4 is 11.6 Å². The highest BCUT2D eigenvalue weighted by molar-refractivity contribution is 5.92. The first kappa shape index (κ1) is 12.0. The molecular formula is C16H17NO2. The molecule has 3 rings (SSSR count). The van der Waals surface area contributed by atoms with Crippen LogP contribution < -0.4 is 5.32 Å². The number of nitrogens with one attached hydrogen (secondary N) is 1. The smallest absolute Gasteiger partial charge is 0.227 e. The third kappa shape index (κ3) is 2.70. The van der Waals surface area contributed by atoms with Crippen LogP contribution >= 0.6 is 0 Å². The molecule has 1 fully saturated rings. The summed E-state index contributed by atoms with van der Waals surface area (Å²) in [5, 5.41) is 2.99. The molecular weight excluding hydrogens is 238 g/mol. The van der Waals surface area contributed by atoms with Crippen molar-refractivity contribution in [1.29, 1.82) is 0 Å². The van der Waals surface area contributed by atoms with Crippen molar-refractivity contribution in [3.05, 3.63) is 42.7 Å². The summed E-state index contributed by atoms with van der Waals surface area (Å²) in [6.45, 7) is 0. The van der Waals surface area contributed by atoms with Crippen molar-refractivity contribution in [3.8, 4) is 11.3 Å². The van der Waals surface area contributed by atoms with Crippen LogP contribution in [-0.4, -0.2) is 5.91 Å². The maximum Gasteiger partial charge on any atom is 0.227 e. The van der Waals surface area contributed by atoms with Gasteiger partial charge in [0.1, 0.15) is 5.76 Å². The summed E-state index contributed by atoms with van der Waals surface area (Å²) in [6, 6.07) is 11.6. The van der Waals surface area contributed by atoms with Crippen LogP contribution in [0.3, 0.4) is 0 Å². The van der Waals surface area contributed by atoms with Gasteiger partial charge in [-0.05, 0) is 49.2 Å². The average molecular weight is 255 g/mol. The van der Waals surface area contributed by atoms with Gasteiger partial charge in [-0.15, -0.1) is 0 Å². The Morgan fingerprint density at radius 2 is 1.84 bits per heavy atom. The number of benzene rings is 1. The largest absolute Gasteiger partial charge is 0.464 e. The predicted octanol–water partition coefficient (Wildman–Crippen LogP) is 4.08. The Balaban J connectivity index is 1.67. The van der Waals surface area contributed by atoms with Crippen LogP contribution in [0, 0.1) is 5.92 Å². The molecule has 0 spiro atoms. The second kappa shape index (κ2) is 5.31. The molecule has 1 aromatic heterocycles. The lowest BCUT2D eigenvalue weighted by Gasteiger charge is -2.10. The van der Waals surface area contributed by atoms with Gasteiger partial charge in [0.15, 0.2) is 0 Å². The number of hydrogen-bond acceptors (Lipinski definition) is 2. The molecule has 19 heavy (non-hydrogen) atoms. The van der Waals surface area contributed by atoms with E-state index in [0.717, 1.165) is 29.9 Å². The highest BCUT2D eigenvalue weighted by atomic mass is 16.3. The minimum absolute atomic E-state index is 0.156. The van der Waals surface area contributed by atoms with E-state index in [0.29, 0.717) is 0 Å². The third-order valence-corrected chi connectivity index (χ3v) is 3.68. The first-order valence-electron chi connectivity index (χ1n) is 6.78. The molecule has 1 N–H and O–H groups in total. The second-order valence-electron chi connectivity index (χ2n) is 5.03. The lowest BCUT2D eigenvalue weighted by atomic mass is 10.1. The Morgan fingerprint density at radius 3 is 2.47 bits per heavy atom. The minimum Gasteiger partial charge on any atom is -0.464 e. The molecule has 1 aromatic carbocycles. The molecule has 0 saturated heterocycles. The summed E-state index contributed by atoms with van der Waals surface area (Å²) in [7, 11) is 0. The van der Waals surface area contributed by atoms with Crippen molar-refractivity contribution in [2.45, 2.75) is 25.7 Å². The molecule has 3 heteroatoms. The Bertz CT molecular complexity index is 537. The standard InChI is InChI=1S/C16H17NO2/c18-16(13-4-1-2-5-13)17-14-9-7-12(8-10-14)15-6-3-11-19-15/h3,6-11,13H,1-2,4-5H2,(H,17,18). The number of carbonyl (C=O) groups is 1. The molecule has 1 saturated carbocycles. The summed E-state index contributed by atoms with van der Waals surface area (Å²) >= 11 is 0. The zero-order valence-electron chi connectivity index (χ0n) is 10.8. The lowest BCUT2D eigenvalue weighted by Crippen LogP contribution is -2.20. The summed E-state index contributed by atoms with van der Waals surface area (Å²) < 4.78 is 5.33. The van der Waals surface area contributed by atoms with Crippen LogP contribution in [0.15, 0.2) is 47.1 Å². The van der Waals surface area contributed by atoms with Crippen LogP contribution in [0.25, 0.3) is 11.3 Å². The van der Waals surface area contributed by atoms with E-state index in [1.54, 1.807) is 6.26 Å². The average Bonchev–Trinajstić information content (AvgIpc) is 3.13. The molecule has 98 valence electrons. The molecule has 0 atom stereocenters. The number of hydrogen-bond donors (Lipinski definition) is 1. The van der Waals surface area contributed by atoms with Gasteiger partial charge in [-0.25, -0.2) is 0 Å². The van der Waals surface area contributed by atoms with Gasteiger partial charge in [-0.2, -0.15) is 0 Å². The van der Waals surface area contributed by atoms with Gasteiger partial charge in [0.05, 0.1) is 6.26 Å². The SMILES string of the molecule is O=C(Nc1ccc(-c2ccco2)cc1)C1CCCC1. The van der Waals surface area contributed by atoms with E-state index in [9.17, 15) is 4.79 Å². The molecule has 1 heterocycles. The van der Waals surface area contributed by atoms with E-state index in [2.05, 4.69) is 5.32 Å². The van der Waals surface area contributed by atoms with Gasteiger partial charge < -0.3 is 9.73 Å². The maximum absolute atomic E-state index is 12.0. The number of anilines is 1. The predicted molar refractivity (Wildman–Crippen MR) is 74.7 cm³/mol. The van der Waals surface area contributed by atoms with Crippen molar-refractivity contribution < 1.29 is 9.21 Å². The summed E-state index contributed by atoms with van der Waals surface area (Å²) in [5.41, 5.74) is 1.87. The van der Waals surface area contributed by atoms with Gasteiger partial charge in [0.25, 0.3) is 0 Å². The molecule has 1 amide bonds. The van der Waals surface area contributed by atoms with Crippen molar-refractivity contribution in [3.63, 3.8) is 0 Å². The number of furan rings is 1. The molecule has 3 nitrogen and oxygen atoms in total. The highest BCUT2D eigenvalue weighted by Gasteiger charge is 2.22. The maximum atomic E-state index is 12.0. The zero-order valence-corrected chi connectivity index (χ0v) is 10.8. The Labute approximate surface area is 112 Å². The topological polar surface area (TPSA) is 42.2 Å². The summed E-state index contributed by atoms with van der Waals surface area (Å²) in [4.78, 5) is 12.0. The van der Waals surface area contributed by atoms with Gasteiger partial charge in [-0.1, -0.05) is 12.8 Å². The Hall–Kier alpha value is -2.03. The van der Waals surface area contributed by atoms with Gasteiger partial charge in [0, 0.05) is 17.2 Å². The van der Waals surface area contributed by atoms with Gasteiger partial charge >= 0.3 is 0 Å². The number of rotatable bonds is 3. The number of carbonyl (C=O) groups excluding carboxylic acids is 1. The van der Waals surface area contributed by atoms with Crippen LogP contribution in [0.2, 0.25) is 0 Å². The monoisotopic (exact) mass is 255 g/mol. The molecule has 0 radical (unpaired) electrons. The molecule has 2 aromatic rings. The fraction of sp³-hybridized carbons (Fsp3) is 0.312. The fourth-order valence-corrected chi connectivity index (χ4v) is 2.59. The summed E-state index contributed by atoms with van der Waals surface area (Å²) in [5.74, 6) is 1.20. The van der Waals surface area contributed by atoms with Crippen LogP contribution in [-0.2, 0) is 4.79 Å². The van der Waals surface area contributed by atoms with E-state index < -0.39 is 0 Å². The van der Waals surface area contributed by atoms with E-state index in [1.807, 2.05) is 36.4 Å². The normalized spacial score (nSPS) is 15.6. The molecule has 1 aliphatic rings. The van der Waals surface area contributed by atoms with E-state index in [1.165, 1.54) is 12.8 Å². The van der Waals surface area contributed by atoms with E-state index >= 15 is 0 Å². The Kier molecular flexibility index (Phi) is 3.36. The fourth-order valence-electron chi connectivity index (χ4n) is 2.59. The Morgan fingerprint density at radius 1 is 1.11 bits per heavy atom. The van der Waals surface area contributed by atoms with Crippen LogP contribution in [0.5, 0.6) is 0 Å². The molecule has 1 aliphatic carbocycles. The first-order chi connectivity index (χ1) is 9.33. The number of amides is 1. The first-order valence-corrected chi connectivity index (χ1v) is 6.78. The second-order valence-corrected chi connectivity index (χ2v) is 5.03. The highest BCUT2D eigenvalue weighted by Crippen LogP contribution is 2.27. The van der Waals surface area contributed by atoms with Crippen molar-refractivity contribution in [2.24, 2.45) is 5.92 Å². The molecule has 0 aliphatic heterocycles. The quantitative estimate of drug-likeness (QED) is 0.898. The molecule has 0 bridgehead atoms. The van der Waals surface area contributed by atoms with Crippen LogP contribution in [0.4, 0.5) is 5.69 Å². The van der Waals surface area contributed by atoms with E-state index in [4.69, 9.17) is 4.42 Å². The van der Waals surface area contributed by atoms with Crippen molar-refractivity contribution in [2.75, 3.05) is 5.32 Å². The minimum atomic E-state index is 0.156. The lowest BCUT2D eigenvalue weighted by molar-refractivity contribution is -0.119. The van der Waals surface area contributed by atoms with E-state index in [-0.39, 0.29) is 11.8 Å². The van der Waals surface area contributed by atoms with Crippen LogP contribution in [0.1, 0.15) is 25.7 Å². The summed E-state index contributed by atoms with van der Waals surface area (Å²) in [6.07, 6.45) is 6.06. The van der Waals surface area contributed by atoms with Gasteiger partial charge in [-0.3, -0.25) is 4.79 Å². The van der Waals surface area contributed by atoms with Gasteiger partial charge in [0.2, 0.25) is 5.91 Å².